The van der Waals surface area contributed by atoms with E-state index in [-0.39, 0.29) is 0 Å². The van der Waals surface area contributed by atoms with Gasteiger partial charge in [0, 0.05) is 30.8 Å². The standard InChI is InChI=1S/C14H20F2N2/c1-18(8-10-3-2-4-10)9-14(17)12-6-5-11(15)7-13(12)16/h5-7,10,14H,2-4,8-9,17H2,1H3. The molecule has 1 atom stereocenters. The molecule has 0 aliphatic heterocycles. The summed E-state index contributed by atoms with van der Waals surface area (Å²) in [4.78, 5) is 2.14. The summed E-state index contributed by atoms with van der Waals surface area (Å²) in [6, 6.07) is 3.17. The van der Waals surface area contributed by atoms with E-state index in [1.54, 1.807) is 0 Å². The van der Waals surface area contributed by atoms with Gasteiger partial charge in [0.25, 0.3) is 0 Å². The summed E-state index contributed by atoms with van der Waals surface area (Å²) in [6.45, 7) is 1.61. The Labute approximate surface area is 107 Å². The van der Waals surface area contributed by atoms with E-state index in [4.69, 9.17) is 5.73 Å². The molecule has 0 radical (unpaired) electrons. The van der Waals surface area contributed by atoms with Crippen LogP contribution < -0.4 is 5.73 Å². The topological polar surface area (TPSA) is 29.3 Å². The molecule has 18 heavy (non-hydrogen) atoms. The van der Waals surface area contributed by atoms with Gasteiger partial charge in [0.05, 0.1) is 0 Å². The van der Waals surface area contributed by atoms with Gasteiger partial charge in [0.1, 0.15) is 11.6 Å². The molecule has 1 fully saturated rings. The lowest BCUT2D eigenvalue weighted by atomic mass is 9.85. The number of halogens is 2. The van der Waals surface area contributed by atoms with Crippen LogP contribution in [0.15, 0.2) is 18.2 Å². The van der Waals surface area contributed by atoms with Crippen molar-refractivity contribution in [3.63, 3.8) is 0 Å². The third-order valence-corrected chi connectivity index (χ3v) is 3.66. The number of benzene rings is 1. The number of nitrogens with zero attached hydrogens (tertiary/aromatic N) is 1. The molecule has 1 unspecified atom stereocenters. The first-order valence-corrected chi connectivity index (χ1v) is 6.45. The number of nitrogens with two attached hydrogens (primary N) is 1. The molecule has 2 rings (SSSR count). The van der Waals surface area contributed by atoms with Crippen LogP contribution >= 0.6 is 0 Å². The molecule has 1 aliphatic rings. The van der Waals surface area contributed by atoms with Crippen molar-refractivity contribution in [1.82, 2.24) is 4.90 Å². The van der Waals surface area contributed by atoms with Gasteiger partial charge < -0.3 is 10.6 Å². The molecule has 0 aromatic heterocycles. The number of likely N-dealkylation sites (N-methyl/N-ethyl adjacent to an activating group) is 1. The lowest BCUT2D eigenvalue weighted by Crippen LogP contribution is -2.35. The summed E-state index contributed by atoms with van der Waals surface area (Å²) < 4.78 is 26.4. The highest BCUT2D eigenvalue weighted by molar-refractivity contribution is 5.22. The van der Waals surface area contributed by atoms with Crippen LogP contribution in [0.25, 0.3) is 0 Å². The Bertz CT molecular complexity index is 405. The zero-order valence-electron chi connectivity index (χ0n) is 10.7. The second kappa shape index (κ2) is 5.76. The first kappa shape index (κ1) is 13.4. The fraction of sp³-hybridized carbons (Fsp3) is 0.571. The van der Waals surface area contributed by atoms with Crippen molar-refractivity contribution in [2.45, 2.75) is 25.3 Å². The van der Waals surface area contributed by atoms with Gasteiger partial charge in [-0.3, -0.25) is 0 Å². The molecule has 2 nitrogen and oxygen atoms in total. The Balaban J connectivity index is 1.91. The number of rotatable bonds is 5. The summed E-state index contributed by atoms with van der Waals surface area (Å²) in [6.07, 6.45) is 3.88. The number of hydrogen-bond donors (Lipinski definition) is 1. The van der Waals surface area contributed by atoms with Crippen LogP contribution in [0.5, 0.6) is 0 Å². The molecule has 0 heterocycles. The maximum absolute atomic E-state index is 13.6. The summed E-state index contributed by atoms with van der Waals surface area (Å²) in [5.74, 6) is -0.355. The van der Waals surface area contributed by atoms with Crippen molar-refractivity contribution in [3.05, 3.63) is 35.4 Å². The fourth-order valence-corrected chi connectivity index (χ4v) is 2.43. The molecule has 100 valence electrons. The maximum atomic E-state index is 13.6. The van der Waals surface area contributed by atoms with E-state index < -0.39 is 17.7 Å². The summed E-state index contributed by atoms with van der Waals surface area (Å²) in [7, 11) is 2.00. The van der Waals surface area contributed by atoms with E-state index in [2.05, 4.69) is 4.90 Å². The van der Waals surface area contributed by atoms with Gasteiger partial charge >= 0.3 is 0 Å². The fourth-order valence-electron chi connectivity index (χ4n) is 2.43. The van der Waals surface area contributed by atoms with Crippen LogP contribution in [-0.2, 0) is 0 Å². The molecule has 2 N–H and O–H groups in total. The van der Waals surface area contributed by atoms with Gasteiger partial charge in [-0.15, -0.1) is 0 Å². The van der Waals surface area contributed by atoms with Gasteiger partial charge in [0.2, 0.25) is 0 Å². The normalized spacial score (nSPS) is 17.8. The van der Waals surface area contributed by atoms with Gasteiger partial charge in [-0.1, -0.05) is 12.5 Å². The highest BCUT2D eigenvalue weighted by atomic mass is 19.1. The molecule has 0 amide bonds. The van der Waals surface area contributed by atoms with E-state index in [0.717, 1.165) is 18.5 Å². The zero-order chi connectivity index (χ0) is 13.1. The molecule has 1 aromatic carbocycles. The highest BCUT2D eigenvalue weighted by Gasteiger charge is 2.21. The molecule has 1 aromatic rings. The molecule has 0 saturated heterocycles. The monoisotopic (exact) mass is 254 g/mol. The average Bonchev–Trinajstić information content (AvgIpc) is 2.23. The molecule has 1 saturated carbocycles. The van der Waals surface area contributed by atoms with Crippen molar-refractivity contribution in [3.8, 4) is 0 Å². The van der Waals surface area contributed by atoms with Crippen molar-refractivity contribution in [1.29, 1.82) is 0 Å². The van der Waals surface area contributed by atoms with Crippen molar-refractivity contribution in [2.24, 2.45) is 11.7 Å². The van der Waals surface area contributed by atoms with Crippen LogP contribution in [0, 0.1) is 17.6 Å². The second-order valence-electron chi connectivity index (χ2n) is 5.29. The van der Waals surface area contributed by atoms with Gasteiger partial charge in [-0.25, -0.2) is 8.78 Å². The van der Waals surface area contributed by atoms with Crippen LogP contribution in [0.1, 0.15) is 30.9 Å². The van der Waals surface area contributed by atoms with Gasteiger partial charge in [-0.05, 0) is 31.9 Å². The van der Waals surface area contributed by atoms with Crippen molar-refractivity contribution in [2.75, 3.05) is 20.1 Å². The van der Waals surface area contributed by atoms with Gasteiger partial charge in [0.15, 0.2) is 0 Å². The molecular weight excluding hydrogens is 234 g/mol. The molecule has 0 bridgehead atoms. The summed E-state index contributed by atoms with van der Waals surface area (Å²) in [5, 5.41) is 0. The van der Waals surface area contributed by atoms with E-state index >= 15 is 0 Å². The SMILES string of the molecule is CN(CC1CCC1)CC(N)c1ccc(F)cc1F. The Morgan fingerprint density at radius 2 is 2.11 bits per heavy atom. The van der Waals surface area contributed by atoms with Crippen molar-refractivity contribution < 1.29 is 8.78 Å². The van der Waals surface area contributed by atoms with E-state index in [0.29, 0.717) is 12.1 Å². The van der Waals surface area contributed by atoms with E-state index in [1.807, 2.05) is 7.05 Å². The molecular formula is C14H20F2N2. The zero-order valence-corrected chi connectivity index (χ0v) is 10.7. The van der Waals surface area contributed by atoms with Gasteiger partial charge in [-0.2, -0.15) is 0 Å². The van der Waals surface area contributed by atoms with E-state index in [1.165, 1.54) is 31.4 Å². The molecule has 4 heteroatoms. The van der Waals surface area contributed by atoms with Crippen LogP contribution in [0.4, 0.5) is 8.78 Å². The number of hydrogen-bond acceptors (Lipinski definition) is 2. The second-order valence-corrected chi connectivity index (χ2v) is 5.29. The first-order valence-electron chi connectivity index (χ1n) is 6.45. The predicted octanol–water partition coefficient (Wildman–Crippen LogP) is 2.70. The van der Waals surface area contributed by atoms with Crippen LogP contribution in [0.3, 0.4) is 0 Å². The minimum atomic E-state index is -0.564. The Kier molecular flexibility index (Phi) is 4.30. The summed E-state index contributed by atoms with van der Waals surface area (Å²) >= 11 is 0. The van der Waals surface area contributed by atoms with Crippen LogP contribution in [-0.4, -0.2) is 25.0 Å². The highest BCUT2D eigenvalue weighted by Crippen LogP contribution is 2.27. The molecule has 0 spiro atoms. The predicted molar refractivity (Wildman–Crippen MR) is 68.1 cm³/mol. The summed E-state index contributed by atoms with van der Waals surface area (Å²) in [5.41, 5.74) is 6.36. The smallest absolute Gasteiger partial charge is 0.130 e. The lowest BCUT2D eigenvalue weighted by Gasteiger charge is -2.31. The minimum Gasteiger partial charge on any atom is -0.323 e. The minimum absolute atomic E-state index is 0.386. The largest absolute Gasteiger partial charge is 0.323 e. The average molecular weight is 254 g/mol. The maximum Gasteiger partial charge on any atom is 0.130 e. The quantitative estimate of drug-likeness (QED) is 0.875. The Morgan fingerprint density at radius 1 is 1.39 bits per heavy atom. The van der Waals surface area contributed by atoms with Crippen molar-refractivity contribution >= 4 is 0 Å². The van der Waals surface area contributed by atoms with Crippen LogP contribution in [0.2, 0.25) is 0 Å². The molecule has 1 aliphatic carbocycles. The Hall–Kier alpha value is -1.00. The third kappa shape index (κ3) is 3.27. The third-order valence-electron chi connectivity index (χ3n) is 3.66. The Morgan fingerprint density at radius 3 is 2.67 bits per heavy atom. The van der Waals surface area contributed by atoms with E-state index in [9.17, 15) is 8.78 Å². The first-order chi connectivity index (χ1) is 8.56. The lowest BCUT2D eigenvalue weighted by molar-refractivity contribution is 0.197.